The van der Waals surface area contributed by atoms with Gasteiger partial charge in [-0.05, 0) is 19.3 Å². The zero-order valence-corrected chi connectivity index (χ0v) is 12.7. The van der Waals surface area contributed by atoms with Crippen molar-refractivity contribution in [2.75, 3.05) is 39.9 Å². The quantitative estimate of drug-likeness (QED) is 0.787. The van der Waals surface area contributed by atoms with E-state index in [2.05, 4.69) is 0 Å². The average Bonchev–Trinajstić information content (AvgIpc) is 2.85. The SMILES string of the molecule is CN(CC(=O)N1CCOCC1)C(=O)C1CCC(N)C1.Cl. The van der Waals surface area contributed by atoms with Gasteiger partial charge in [-0.1, -0.05) is 0 Å². The van der Waals surface area contributed by atoms with Crippen LogP contribution in [0.1, 0.15) is 19.3 Å². The molecule has 7 heteroatoms. The number of carbonyl (C=O) groups excluding carboxylic acids is 2. The van der Waals surface area contributed by atoms with E-state index in [9.17, 15) is 9.59 Å². The Hall–Kier alpha value is -0.850. The van der Waals surface area contributed by atoms with Crippen molar-refractivity contribution in [3.05, 3.63) is 0 Å². The second-order valence-corrected chi connectivity index (χ2v) is 5.46. The van der Waals surface area contributed by atoms with Gasteiger partial charge in [-0.3, -0.25) is 9.59 Å². The van der Waals surface area contributed by atoms with E-state index < -0.39 is 0 Å². The normalized spacial score (nSPS) is 26.0. The number of amides is 2. The predicted molar refractivity (Wildman–Crippen MR) is 77.6 cm³/mol. The van der Waals surface area contributed by atoms with Crippen molar-refractivity contribution in [2.24, 2.45) is 11.7 Å². The molecule has 2 amide bonds. The molecule has 0 aromatic heterocycles. The van der Waals surface area contributed by atoms with Gasteiger partial charge in [0, 0.05) is 32.1 Å². The molecule has 2 unspecified atom stereocenters. The molecule has 2 N–H and O–H groups in total. The fourth-order valence-corrected chi connectivity index (χ4v) is 2.75. The predicted octanol–water partition coefficient (Wildman–Crippen LogP) is -0.147. The van der Waals surface area contributed by atoms with Crippen molar-refractivity contribution in [3.8, 4) is 0 Å². The van der Waals surface area contributed by atoms with E-state index in [1.165, 1.54) is 0 Å². The van der Waals surface area contributed by atoms with E-state index in [4.69, 9.17) is 10.5 Å². The van der Waals surface area contributed by atoms with Gasteiger partial charge in [-0.2, -0.15) is 0 Å². The first-order chi connectivity index (χ1) is 9.08. The van der Waals surface area contributed by atoms with E-state index in [1.807, 2.05) is 0 Å². The van der Waals surface area contributed by atoms with Crippen LogP contribution >= 0.6 is 12.4 Å². The summed E-state index contributed by atoms with van der Waals surface area (Å²) in [5.74, 6) is 0.0495. The fraction of sp³-hybridized carbons (Fsp3) is 0.846. The van der Waals surface area contributed by atoms with Gasteiger partial charge in [0.1, 0.15) is 0 Å². The van der Waals surface area contributed by atoms with Gasteiger partial charge in [0.05, 0.1) is 19.8 Å². The molecule has 0 bridgehead atoms. The minimum Gasteiger partial charge on any atom is -0.378 e. The zero-order chi connectivity index (χ0) is 13.8. The van der Waals surface area contributed by atoms with Crippen LogP contribution in [-0.4, -0.2) is 67.6 Å². The lowest BCUT2D eigenvalue weighted by Crippen LogP contribution is -2.47. The Morgan fingerprint density at radius 1 is 1.30 bits per heavy atom. The maximum absolute atomic E-state index is 12.2. The van der Waals surface area contributed by atoms with Crippen molar-refractivity contribution in [2.45, 2.75) is 25.3 Å². The topological polar surface area (TPSA) is 75.9 Å². The highest BCUT2D eigenvalue weighted by Gasteiger charge is 2.31. The number of likely N-dealkylation sites (N-methyl/N-ethyl adjacent to an activating group) is 1. The van der Waals surface area contributed by atoms with E-state index in [0.717, 1.165) is 19.3 Å². The van der Waals surface area contributed by atoms with Crippen molar-refractivity contribution in [1.29, 1.82) is 0 Å². The second kappa shape index (κ2) is 7.81. The van der Waals surface area contributed by atoms with Crippen molar-refractivity contribution in [3.63, 3.8) is 0 Å². The van der Waals surface area contributed by atoms with Crippen LogP contribution in [-0.2, 0) is 14.3 Å². The number of carbonyl (C=O) groups is 2. The summed E-state index contributed by atoms with van der Waals surface area (Å²) in [6.45, 7) is 2.57. The first-order valence-electron chi connectivity index (χ1n) is 6.94. The molecule has 1 saturated heterocycles. The summed E-state index contributed by atoms with van der Waals surface area (Å²) in [7, 11) is 1.70. The molecule has 1 heterocycles. The Balaban J connectivity index is 0.00000200. The number of nitrogens with two attached hydrogens (primary N) is 1. The molecule has 0 radical (unpaired) electrons. The van der Waals surface area contributed by atoms with Crippen LogP contribution in [0.25, 0.3) is 0 Å². The van der Waals surface area contributed by atoms with Gasteiger partial charge in [0.25, 0.3) is 0 Å². The molecule has 20 heavy (non-hydrogen) atoms. The molecule has 0 aromatic carbocycles. The molecule has 1 aliphatic heterocycles. The summed E-state index contributed by atoms with van der Waals surface area (Å²) in [5.41, 5.74) is 5.82. The Morgan fingerprint density at radius 3 is 2.50 bits per heavy atom. The summed E-state index contributed by atoms with van der Waals surface area (Å²) in [6.07, 6.45) is 2.49. The summed E-state index contributed by atoms with van der Waals surface area (Å²) in [6, 6.07) is 0.136. The number of nitrogens with zero attached hydrogens (tertiary/aromatic N) is 2. The van der Waals surface area contributed by atoms with E-state index in [-0.39, 0.29) is 42.7 Å². The van der Waals surface area contributed by atoms with Crippen LogP contribution in [0, 0.1) is 5.92 Å². The Bertz CT molecular complexity index is 348. The molecule has 2 fully saturated rings. The highest BCUT2D eigenvalue weighted by atomic mass is 35.5. The molecular weight excluding hydrogens is 282 g/mol. The highest BCUT2D eigenvalue weighted by molar-refractivity contribution is 5.86. The summed E-state index contributed by atoms with van der Waals surface area (Å²) in [5, 5.41) is 0. The fourth-order valence-electron chi connectivity index (χ4n) is 2.75. The van der Waals surface area contributed by atoms with Gasteiger partial charge in [0.15, 0.2) is 0 Å². The maximum atomic E-state index is 12.2. The molecule has 2 atom stereocenters. The maximum Gasteiger partial charge on any atom is 0.242 e. The smallest absolute Gasteiger partial charge is 0.242 e. The monoisotopic (exact) mass is 305 g/mol. The average molecular weight is 306 g/mol. The Morgan fingerprint density at radius 2 is 1.95 bits per heavy atom. The molecule has 1 aliphatic carbocycles. The number of halogens is 1. The molecule has 6 nitrogen and oxygen atoms in total. The third-order valence-corrected chi connectivity index (χ3v) is 3.93. The second-order valence-electron chi connectivity index (χ2n) is 5.46. The Kier molecular flexibility index (Phi) is 6.71. The van der Waals surface area contributed by atoms with Crippen LogP contribution < -0.4 is 5.73 Å². The van der Waals surface area contributed by atoms with Crippen LogP contribution in [0.4, 0.5) is 0 Å². The third kappa shape index (κ3) is 4.33. The number of morpholine rings is 1. The molecule has 1 saturated carbocycles. The lowest BCUT2D eigenvalue weighted by Gasteiger charge is -2.29. The lowest BCUT2D eigenvalue weighted by molar-refractivity contribution is -0.143. The van der Waals surface area contributed by atoms with Crippen molar-refractivity contribution in [1.82, 2.24) is 9.80 Å². The van der Waals surface area contributed by atoms with Crippen LogP contribution in [0.15, 0.2) is 0 Å². The van der Waals surface area contributed by atoms with Crippen molar-refractivity contribution < 1.29 is 14.3 Å². The van der Waals surface area contributed by atoms with E-state index in [0.29, 0.717) is 26.3 Å². The number of hydrogen-bond donors (Lipinski definition) is 1. The summed E-state index contributed by atoms with van der Waals surface area (Å²) < 4.78 is 5.21. The largest absolute Gasteiger partial charge is 0.378 e. The van der Waals surface area contributed by atoms with Gasteiger partial charge >= 0.3 is 0 Å². The molecule has 2 aliphatic rings. The molecular formula is C13H24ClN3O3. The highest BCUT2D eigenvalue weighted by Crippen LogP contribution is 2.25. The number of rotatable bonds is 3. The number of hydrogen-bond acceptors (Lipinski definition) is 4. The molecule has 0 aromatic rings. The Labute approximate surface area is 126 Å². The van der Waals surface area contributed by atoms with Gasteiger partial charge < -0.3 is 20.3 Å². The first-order valence-corrected chi connectivity index (χ1v) is 6.94. The third-order valence-electron chi connectivity index (χ3n) is 3.93. The van der Waals surface area contributed by atoms with Crippen LogP contribution in [0.3, 0.4) is 0 Å². The van der Waals surface area contributed by atoms with Crippen molar-refractivity contribution >= 4 is 24.2 Å². The summed E-state index contributed by atoms with van der Waals surface area (Å²) in [4.78, 5) is 27.5. The molecule has 2 rings (SSSR count). The van der Waals surface area contributed by atoms with Gasteiger partial charge in [-0.15, -0.1) is 12.4 Å². The van der Waals surface area contributed by atoms with Crippen LogP contribution in [0.2, 0.25) is 0 Å². The summed E-state index contributed by atoms with van der Waals surface area (Å²) >= 11 is 0. The van der Waals surface area contributed by atoms with E-state index in [1.54, 1.807) is 16.8 Å². The minimum absolute atomic E-state index is 0. The zero-order valence-electron chi connectivity index (χ0n) is 11.9. The minimum atomic E-state index is -0.00232. The van der Waals surface area contributed by atoms with Gasteiger partial charge in [-0.25, -0.2) is 0 Å². The number of ether oxygens (including phenoxy) is 1. The van der Waals surface area contributed by atoms with Crippen LogP contribution in [0.5, 0.6) is 0 Å². The standard InChI is InChI=1S/C13H23N3O3.ClH/c1-15(13(18)10-2-3-11(14)8-10)9-12(17)16-4-6-19-7-5-16;/h10-11H,2-9,14H2,1H3;1H. The molecule has 116 valence electrons. The molecule has 0 spiro atoms. The first kappa shape index (κ1) is 17.2. The lowest BCUT2D eigenvalue weighted by atomic mass is 10.1. The van der Waals surface area contributed by atoms with E-state index >= 15 is 0 Å². The van der Waals surface area contributed by atoms with Gasteiger partial charge in [0.2, 0.25) is 11.8 Å².